The van der Waals surface area contributed by atoms with Gasteiger partial charge in [-0.2, -0.15) is 0 Å². The molecule has 26 heavy (non-hydrogen) atoms. The smallest absolute Gasteiger partial charge is 0.345 e. The molecular formula is C20H12N2O4. The molecule has 1 N–H and O–H groups in total. The first-order valence-electron chi connectivity index (χ1n) is 7.82. The fourth-order valence-electron chi connectivity index (χ4n) is 2.73. The van der Waals surface area contributed by atoms with Gasteiger partial charge in [0.2, 0.25) is 5.88 Å². The maximum absolute atomic E-state index is 12.5. The van der Waals surface area contributed by atoms with Gasteiger partial charge in [-0.25, -0.2) is 14.6 Å². The van der Waals surface area contributed by atoms with Gasteiger partial charge < -0.3 is 9.84 Å². The van der Waals surface area contributed by atoms with Gasteiger partial charge in [0.15, 0.2) is 0 Å². The second-order valence-corrected chi connectivity index (χ2v) is 5.63. The number of fused-ring (bicyclic) bond motifs is 2. The third-order valence-electron chi connectivity index (χ3n) is 3.97. The third kappa shape index (κ3) is 2.84. The number of carbonyl (C=O) groups excluding carboxylic acids is 1. The number of benzene rings is 2. The van der Waals surface area contributed by atoms with Gasteiger partial charge in [0.25, 0.3) is 0 Å². The first-order valence-corrected chi connectivity index (χ1v) is 7.82. The highest BCUT2D eigenvalue weighted by molar-refractivity contribution is 6.04. The monoisotopic (exact) mass is 344 g/mol. The molecule has 0 atom stereocenters. The molecule has 2 heterocycles. The molecule has 2 aromatic carbocycles. The summed E-state index contributed by atoms with van der Waals surface area (Å²) in [6.45, 7) is 0. The number of esters is 1. The average Bonchev–Trinajstić information content (AvgIpc) is 2.67. The summed E-state index contributed by atoms with van der Waals surface area (Å²) in [5.41, 5.74) is 1.82. The summed E-state index contributed by atoms with van der Waals surface area (Å²) in [5, 5.41) is 10.4. The second kappa shape index (κ2) is 6.25. The lowest BCUT2D eigenvalue weighted by Gasteiger charge is -2.07. The summed E-state index contributed by atoms with van der Waals surface area (Å²) >= 11 is 0. The maximum Gasteiger partial charge on any atom is 0.345 e. The van der Waals surface area contributed by atoms with E-state index in [4.69, 9.17) is 9.84 Å². The van der Waals surface area contributed by atoms with Crippen LogP contribution < -0.4 is 4.74 Å². The molecule has 4 aromatic rings. The number of hydrogen-bond acceptors (Lipinski definition) is 5. The van der Waals surface area contributed by atoms with E-state index in [1.807, 2.05) is 6.07 Å². The van der Waals surface area contributed by atoms with E-state index in [9.17, 15) is 9.59 Å². The van der Waals surface area contributed by atoms with Crippen molar-refractivity contribution >= 4 is 33.7 Å². The van der Waals surface area contributed by atoms with Crippen molar-refractivity contribution < 1.29 is 19.4 Å². The lowest BCUT2D eigenvalue weighted by atomic mass is 10.1. The fourth-order valence-corrected chi connectivity index (χ4v) is 2.73. The first-order chi connectivity index (χ1) is 12.6. The van der Waals surface area contributed by atoms with Gasteiger partial charge in [-0.3, -0.25) is 4.98 Å². The molecule has 0 amide bonds. The van der Waals surface area contributed by atoms with Crippen LogP contribution in [-0.2, 0) is 0 Å². The standard InChI is InChI=1S/C20H12N2O4/c23-19(24)13-6-8-16-12(11-13)7-9-18(22-16)26-20(25)15-3-1-5-17-14(15)4-2-10-21-17/h1-11H,(H,23,24). The Morgan fingerprint density at radius 2 is 1.81 bits per heavy atom. The number of rotatable bonds is 3. The van der Waals surface area contributed by atoms with Crippen LogP contribution in [0, 0.1) is 0 Å². The minimum atomic E-state index is -1.01. The van der Waals surface area contributed by atoms with Crippen LogP contribution >= 0.6 is 0 Å². The Kier molecular flexibility index (Phi) is 3.78. The molecule has 0 unspecified atom stereocenters. The number of hydrogen-bond donors (Lipinski definition) is 1. The Morgan fingerprint density at radius 3 is 2.65 bits per heavy atom. The number of ether oxygens (including phenoxy) is 1. The van der Waals surface area contributed by atoms with Crippen molar-refractivity contribution in [2.45, 2.75) is 0 Å². The molecule has 0 spiro atoms. The van der Waals surface area contributed by atoms with Gasteiger partial charge in [-0.05, 0) is 42.5 Å². The first kappa shape index (κ1) is 15.7. The van der Waals surface area contributed by atoms with Gasteiger partial charge >= 0.3 is 11.9 Å². The zero-order valence-electron chi connectivity index (χ0n) is 13.4. The summed E-state index contributed by atoms with van der Waals surface area (Å²) in [6.07, 6.45) is 1.66. The molecule has 0 radical (unpaired) electrons. The van der Waals surface area contributed by atoms with Gasteiger partial charge in [-0.15, -0.1) is 0 Å². The molecule has 0 aliphatic heterocycles. The van der Waals surface area contributed by atoms with Crippen LogP contribution in [0.5, 0.6) is 5.88 Å². The summed E-state index contributed by atoms with van der Waals surface area (Å²) < 4.78 is 5.40. The lowest BCUT2D eigenvalue weighted by molar-refractivity contribution is 0.0694. The van der Waals surface area contributed by atoms with Crippen LogP contribution in [0.15, 0.2) is 66.9 Å². The second-order valence-electron chi connectivity index (χ2n) is 5.63. The van der Waals surface area contributed by atoms with Crippen molar-refractivity contribution in [1.29, 1.82) is 0 Å². The molecule has 2 aromatic heterocycles. The molecule has 126 valence electrons. The minimum absolute atomic E-state index is 0.145. The van der Waals surface area contributed by atoms with E-state index in [1.54, 1.807) is 42.6 Å². The number of carbonyl (C=O) groups is 2. The number of pyridine rings is 2. The highest BCUT2D eigenvalue weighted by Gasteiger charge is 2.14. The van der Waals surface area contributed by atoms with Gasteiger partial charge in [0, 0.05) is 23.0 Å². The molecule has 6 heteroatoms. The molecule has 0 aliphatic carbocycles. The van der Waals surface area contributed by atoms with Crippen LogP contribution in [0.25, 0.3) is 21.8 Å². The number of carboxylic acids is 1. The van der Waals surface area contributed by atoms with Crippen molar-refractivity contribution in [2.75, 3.05) is 0 Å². The van der Waals surface area contributed by atoms with E-state index >= 15 is 0 Å². The summed E-state index contributed by atoms with van der Waals surface area (Å²) in [5.74, 6) is -1.39. The quantitative estimate of drug-likeness (QED) is 0.570. The average molecular weight is 344 g/mol. The number of carboxylic acid groups (broad SMARTS) is 1. The summed E-state index contributed by atoms with van der Waals surface area (Å²) in [6, 6.07) is 16.6. The van der Waals surface area contributed by atoms with Crippen molar-refractivity contribution in [2.24, 2.45) is 0 Å². The van der Waals surface area contributed by atoms with Crippen molar-refractivity contribution in [3.05, 3.63) is 78.0 Å². The topological polar surface area (TPSA) is 89.4 Å². The molecule has 0 bridgehead atoms. The maximum atomic E-state index is 12.5. The minimum Gasteiger partial charge on any atom is -0.478 e. The predicted octanol–water partition coefficient (Wildman–Crippen LogP) is 3.70. The number of aromatic nitrogens is 2. The SMILES string of the molecule is O=C(O)c1ccc2nc(OC(=O)c3cccc4ncccc34)ccc2c1. The fraction of sp³-hybridized carbons (Fsp3) is 0. The zero-order chi connectivity index (χ0) is 18.1. The van der Waals surface area contributed by atoms with Crippen LogP contribution in [0.1, 0.15) is 20.7 Å². The lowest BCUT2D eigenvalue weighted by Crippen LogP contribution is -2.10. The van der Waals surface area contributed by atoms with E-state index in [2.05, 4.69) is 9.97 Å². The van der Waals surface area contributed by atoms with Gasteiger partial charge in [-0.1, -0.05) is 12.1 Å². The third-order valence-corrected chi connectivity index (χ3v) is 3.97. The van der Waals surface area contributed by atoms with E-state index in [0.717, 1.165) is 0 Å². The highest BCUT2D eigenvalue weighted by atomic mass is 16.5. The number of nitrogens with zero attached hydrogens (tertiary/aromatic N) is 2. The van der Waals surface area contributed by atoms with Crippen molar-refractivity contribution in [3.63, 3.8) is 0 Å². The normalized spacial score (nSPS) is 10.8. The molecule has 4 rings (SSSR count). The van der Waals surface area contributed by atoms with Gasteiger partial charge in [0.1, 0.15) is 0 Å². The predicted molar refractivity (Wildman–Crippen MR) is 95.4 cm³/mol. The molecule has 0 saturated carbocycles. The molecule has 6 nitrogen and oxygen atoms in total. The van der Waals surface area contributed by atoms with Gasteiger partial charge in [0.05, 0.1) is 22.2 Å². The Hall–Kier alpha value is -3.80. The van der Waals surface area contributed by atoms with E-state index in [1.165, 1.54) is 18.2 Å². The van der Waals surface area contributed by atoms with Crippen LogP contribution in [0.4, 0.5) is 0 Å². The summed E-state index contributed by atoms with van der Waals surface area (Å²) in [7, 11) is 0. The molecular weight excluding hydrogens is 332 g/mol. The molecule has 0 aliphatic rings. The van der Waals surface area contributed by atoms with Crippen molar-refractivity contribution in [1.82, 2.24) is 9.97 Å². The van der Waals surface area contributed by atoms with Crippen LogP contribution in [0.3, 0.4) is 0 Å². The van der Waals surface area contributed by atoms with Crippen molar-refractivity contribution in [3.8, 4) is 5.88 Å². The Bertz CT molecular complexity index is 1170. The molecule has 0 saturated heterocycles. The van der Waals surface area contributed by atoms with E-state index < -0.39 is 11.9 Å². The Balaban J connectivity index is 1.67. The summed E-state index contributed by atoms with van der Waals surface area (Å²) in [4.78, 5) is 32.1. The number of aromatic carboxylic acids is 1. The van der Waals surface area contributed by atoms with E-state index in [-0.39, 0.29) is 11.4 Å². The molecule has 0 fully saturated rings. The van der Waals surface area contributed by atoms with Crippen LogP contribution in [0.2, 0.25) is 0 Å². The highest BCUT2D eigenvalue weighted by Crippen LogP contribution is 2.21. The van der Waals surface area contributed by atoms with E-state index in [0.29, 0.717) is 27.4 Å². The largest absolute Gasteiger partial charge is 0.478 e. The Morgan fingerprint density at radius 1 is 0.923 bits per heavy atom. The zero-order valence-corrected chi connectivity index (χ0v) is 13.4. The Labute approximate surface area is 147 Å². The van der Waals surface area contributed by atoms with Crippen LogP contribution in [-0.4, -0.2) is 27.0 Å².